The minimum Gasteiger partial charge on any atom is -0.501 e. The van der Waals surface area contributed by atoms with Gasteiger partial charge < -0.3 is 13.9 Å². The summed E-state index contributed by atoms with van der Waals surface area (Å²) in [6.07, 6.45) is 0. The van der Waals surface area contributed by atoms with Crippen molar-refractivity contribution >= 4 is 32.7 Å². The number of para-hydroxylation sites is 1. The van der Waals surface area contributed by atoms with Gasteiger partial charge in [-0.25, -0.2) is 0 Å². The summed E-state index contributed by atoms with van der Waals surface area (Å²) in [6, 6.07) is 18.7. The van der Waals surface area contributed by atoms with Gasteiger partial charge in [0.1, 0.15) is 11.2 Å². The Bertz CT molecular complexity index is 1370. The van der Waals surface area contributed by atoms with Crippen LogP contribution in [0, 0.1) is 6.92 Å². The summed E-state index contributed by atoms with van der Waals surface area (Å²) < 4.78 is 11.8. The van der Waals surface area contributed by atoms with Crippen LogP contribution < -0.4 is 5.43 Å². The van der Waals surface area contributed by atoms with E-state index in [1.54, 1.807) is 24.3 Å². The molecule has 0 fully saturated rings. The summed E-state index contributed by atoms with van der Waals surface area (Å²) in [5.74, 6) is -0.00153. The van der Waals surface area contributed by atoms with Crippen molar-refractivity contribution in [3.05, 3.63) is 76.5 Å². The molecule has 5 aromatic rings. The van der Waals surface area contributed by atoms with Gasteiger partial charge in [0.15, 0.2) is 5.76 Å². The SMILES string of the molecule is Cc1c(-c2oc3ccccc3c(=O)c2O)oc2ccc3ccccc3c12. The van der Waals surface area contributed by atoms with Crippen molar-refractivity contribution in [2.24, 2.45) is 0 Å². The highest BCUT2D eigenvalue weighted by Crippen LogP contribution is 2.40. The van der Waals surface area contributed by atoms with Crippen LogP contribution in [0.1, 0.15) is 5.56 Å². The molecule has 0 unspecified atom stereocenters. The number of hydrogen-bond donors (Lipinski definition) is 1. The van der Waals surface area contributed by atoms with Crippen LogP contribution in [0.5, 0.6) is 5.75 Å². The fourth-order valence-corrected chi connectivity index (χ4v) is 3.53. The minimum absolute atomic E-state index is 0.0616. The summed E-state index contributed by atoms with van der Waals surface area (Å²) in [5, 5.41) is 13.9. The lowest BCUT2D eigenvalue weighted by molar-refractivity contribution is 0.441. The fraction of sp³-hybridized carbons (Fsp3) is 0.0455. The quantitative estimate of drug-likeness (QED) is 0.444. The van der Waals surface area contributed by atoms with Gasteiger partial charge in [0.25, 0.3) is 0 Å². The highest BCUT2D eigenvalue weighted by atomic mass is 16.4. The van der Waals surface area contributed by atoms with E-state index in [0.29, 0.717) is 22.3 Å². The summed E-state index contributed by atoms with van der Waals surface area (Å²) in [7, 11) is 0. The van der Waals surface area contributed by atoms with Crippen molar-refractivity contribution in [2.45, 2.75) is 6.92 Å². The van der Waals surface area contributed by atoms with Crippen LogP contribution in [0.3, 0.4) is 0 Å². The van der Waals surface area contributed by atoms with E-state index in [1.165, 1.54) is 0 Å². The van der Waals surface area contributed by atoms with E-state index in [0.717, 1.165) is 21.7 Å². The molecule has 0 saturated carbocycles. The monoisotopic (exact) mass is 342 g/mol. The van der Waals surface area contributed by atoms with Gasteiger partial charge >= 0.3 is 0 Å². The summed E-state index contributed by atoms with van der Waals surface area (Å²) in [4.78, 5) is 12.5. The van der Waals surface area contributed by atoms with Crippen molar-refractivity contribution in [3.63, 3.8) is 0 Å². The van der Waals surface area contributed by atoms with Crippen molar-refractivity contribution in [1.82, 2.24) is 0 Å². The lowest BCUT2D eigenvalue weighted by atomic mass is 10.0. The van der Waals surface area contributed by atoms with E-state index < -0.39 is 11.2 Å². The van der Waals surface area contributed by atoms with Crippen LogP contribution >= 0.6 is 0 Å². The Hall–Kier alpha value is -3.53. The average Bonchev–Trinajstić information content (AvgIpc) is 3.01. The Morgan fingerprint density at radius 2 is 1.46 bits per heavy atom. The first kappa shape index (κ1) is 14.8. The number of furan rings is 1. The Labute approximate surface area is 147 Å². The molecule has 2 heterocycles. The highest BCUT2D eigenvalue weighted by Gasteiger charge is 2.22. The predicted octanol–water partition coefficient (Wildman–Crippen LogP) is 5.37. The molecule has 0 spiro atoms. The number of fused-ring (bicyclic) bond motifs is 4. The van der Waals surface area contributed by atoms with Gasteiger partial charge in [-0.3, -0.25) is 4.79 Å². The van der Waals surface area contributed by atoms with Crippen LogP contribution in [-0.2, 0) is 0 Å². The summed E-state index contributed by atoms with van der Waals surface area (Å²) >= 11 is 0. The van der Waals surface area contributed by atoms with Crippen molar-refractivity contribution in [1.29, 1.82) is 0 Å². The molecule has 0 radical (unpaired) electrons. The molecule has 5 rings (SSSR count). The largest absolute Gasteiger partial charge is 0.501 e. The first-order valence-corrected chi connectivity index (χ1v) is 8.31. The molecule has 0 aliphatic carbocycles. The molecular formula is C22H14O4. The van der Waals surface area contributed by atoms with E-state index in [2.05, 4.69) is 0 Å². The van der Waals surface area contributed by atoms with E-state index in [4.69, 9.17) is 8.83 Å². The Morgan fingerprint density at radius 3 is 2.31 bits per heavy atom. The van der Waals surface area contributed by atoms with Crippen LogP contribution in [-0.4, -0.2) is 5.11 Å². The lowest BCUT2D eigenvalue weighted by Gasteiger charge is -2.04. The molecule has 4 nitrogen and oxygen atoms in total. The molecule has 0 bridgehead atoms. The molecule has 0 aliphatic heterocycles. The van der Waals surface area contributed by atoms with Crippen LogP contribution in [0.4, 0.5) is 0 Å². The van der Waals surface area contributed by atoms with Gasteiger partial charge in [-0.05, 0) is 35.9 Å². The van der Waals surface area contributed by atoms with Gasteiger partial charge in [-0.1, -0.05) is 42.5 Å². The Kier molecular flexibility index (Phi) is 2.97. The molecule has 1 N–H and O–H groups in total. The second kappa shape index (κ2) is 5.23. The third kappa shape index (κ3) is 1.93. The molecule has 0 aliphatic rings. The van der Waals surface area contributed by atoms with E-state index in [1.807, 2.05) is 43.3 Å². The number of hydrogen-bond acceptors (Lipinski definition) is 4. The van der Waals surface area contributed by atoms with Crippen molar-refractivity contribution in [2.75, 3.05) is 0 Å². The first-order valence-electron chi connectivity index (χ1n) is 8.31. The van der Waals surface area contributed by atoms with Crippen LogP contribution in [0.2, 0.25) is 0 Å². The molecule has 0 amide bonds. The van der Waals surface area contributed by atoms with Crippen LogP contribution in [0.25, 0.3) is 44.2 Å². The molecule has 3 aromatic carbocycles. The molecule has 0 saturated heterocycles. The third-order valence-electron chi connectivity index (χ3n) is 4.80. The van der Waals surface area contributed by atoms with E-state index in [9.17, 15) is 9.90 Å². The number of aryl methyl sites for hydroxylation is 1. The average molecular weight is 342 g/mol. The summed E-state index contributed by atoms with van der Waals surface area (Å²) in [6.45, 7) is 1.90. The standard InChI is InChI=1S/C22H14O4/c1-12-18-14-7-3-2-6-13(14)10-11-17(18)26-21(12)22-20(24)19(23)15-8-4-5-9-16(15)25-22/h2-11,24H,1H3. The molecular weight excluding hydrogens is 328 g/mol. The fourth-order valence-electron chi connectivity index (χ4n) is 3.53. The van der Waals surface area contributed by atoms with Crippen LogP contribution in [0.15, 0.2) is 74.3 Å². The second-order valence-electron chi connectivity index (χ2n) is 6.32. The van der Waals surface area contributed by atoms with Gasteiger partial charge in [0, 0.05) is 10.9 Å². The zero-order chi connectivity index (χ0) is 17.8. The van der Waals surface area contributed by atoms with Gasteiger partial charge in [0.2, 0.25) is 16.9 Å². The van der Waals surface area contributed by atoms with Gasteiger partial charge in [-0.2, -0.15) is 0 Å². The predicted molar refractivity (Wildman–Crippen MR) is 102 cm³/mol. The zero-order valence-corrected chi connectivity index (χ0v) is 13.9. The topological polar surface area (TPSA) is 63.6 Å². The molecule has 126 valence electrons. The molecule has 0 atom stereocenters. The lowest BCUT2D eigenvalue weighted by Crippen LogP contribution is -2.02. The zero-order valence-electron chi connectivity index (χ0n) is 13.9. The Balaban J connectivity index is 1.90. The maximum atomic E-state index is 12.5. The number of benzene rings is 3. The van der Waals surface area contributed by atoms with Crippen molar-refractivity contribution < 1.29 is 13.9 Å². The van der Waals surface area contributed by atoms with Gasteiger partial charge in [-0.15, -0.1) is 0 Å². The highest BCUT2D eigenvalue weighted by molar-refractivity contribution is 6.09. The summed E-state index contributed by atoms with van der Waals surface area (Å²) in [5.41, 5.74) is 1.46. The van der Waals surface area contributed by atoms with Crippen molar-refractivity contribution in [3.8, 4) is 17.3 Å². The van der Waals surface area contributed by atoms with E-state index >= 15 is 0 Å². The Morgan fingerprint density at radius 1 is 0.769 bits per heavy atom. The number of rotatable bonds is 1. The molecule has 4 heteroatoms. The second-order valence-corrected chi connectivity index (χ2v) is 6.32. The number of aromatic hydroxyl groups is 1. The van der Waals surface area contributed by atoms with Gasteiger partial charge in [0.05, 0.1) is 5.39 Å². The first-order chi connectivity index (χ1) is 12.6. The normalized spacial score (nSPS) is 11.6. The minimum atomic E-state index is -0.466. The van der Waals surface area contributed by atoms with E-state index in [-0.39, 0.29) is 5.76 Å². The molecule has 26 heavy (non-hydrogen) atoms. The maximum absolute atomic E-state index is 12.5. The smallest absolute Gasteiger partial charge is 0.235 e. The molecule has 2 aromatic heterocycles. The maximum Gasteiger partial charge on any atom is 0.235 e. The third-order valence-corrected chi connectivity index (χ3v) is 4.80.